The number of ether oxygens (including phenoxy) is 2. The summed E-state index contributed by atoms with van der Waals surface area (Å²) in [6.45, 7) is 3.39. The minimum absolute atomic E-state index is 0.0294. The predicted molar refractivity (Wildman–Crippen MR) is 134 cm³/mol. The van der Waals surface area contributed by atoms with Crippen LogP contribution in [0.4, 0.5) is 18.9 Å². The lowest BCUT2D eigenvalue weighted by Gasteiger charge is -2.28. The highest BCUT2D eigenvalue weighted by atomic mass is 35.5. The lowest BCUT2D eigenvalue weighted by atomic mass is 10.1. The lowest BCUT2D eigenvalue weighted by Crippen LogP contribution is -2.41. The molecule has 2 unspecified atom stereocenters. The van der Waals surface area contributed by atoms with Gasteiger partial charge in [0.15, 0.2) is 15.5 Å². The van der Waals surface area contributed by atoms with Crippen molar-refractivity contribution in [2.24, 2.45) is 0 Å². The Morgan fingerprint density at radius 3 is 2.59 bits per heavy atom. The summed E-state index contributed by atoms with van der Waals surface area (Å²) in [5.41, 5.74) is 1.01. The molecule has 14 heteroatoms. The number of alkyl halides is 3. The van der Waals surface area contributed by atoms with Crippen molar-refractivity contribution in [2.75, 3.05) is 31.8 Å². The molecular weight excluding hydrogens is 537 g/mol. The van der Waals surface area contributed by atoms with Gasteiger partial charge in [0.25, 0.3) is 5.91 Å². The molecule has 0 saturated carbocycles. The zero-order valence-corrected chi connectivity index (χ0v) is 22.4. The number of benzene rings is 1. The summed E-state index contributed by atoms with van der Waals surface area (Å²) in [5, 5.41) is 8.95. The SMILES string of the molecule is CCn1nc(C(=O)NCC2CCC(S(C)(=O)=O)CO2)c(Cl)c1-c1ccc(N[C@H](C)C(F)(F)F)cc1OC. The van der Waals surface area contributed by atoms with Crippen LogP contribution in [-0.2, 0) is 21.1 Å². The second-order valence-corrected chi connectivity index (χ2v) is 11.5. The van der Waals surface area contributed by atoms with Crippen LogP contribution in [0.25, 0.3) is 11.3 Å². The molecule has 1 aliphatic heterocycles. The Hall–Kier alpha value is -2.51. The first-order valence-corrected chi connectivity index (χ1v) is 14.0. The third kappa shape index (κ3) is 6.88. The molecule has 9 nitrogen and oxygen atoms in total. The van der Waals surface area contributed by atoms with Gasteiger partial charge in [0.05, 0.1) is 35.8 Å². The number of nitrogens with zero attached hydrogens (tertiary/aromatic N) is 2. The molecular formula is C23H30ClF3N4O5S. The van der Waals surface area contributed by atoms with Crippen molar-refractivity contribution in [3.63, 3.8) is 0 Å². The second kappa shape index (κ2) is 11.5. The van der Waals surface area contributed by atoms with E-state index in [2.05, 4.69) is 15.7 Å². The minimum Gasteiger partial charge on any atom is -0.496 e. The van der Waals surface area contributed by atoms with E-state index in [9.17, 15) is 26.4 Å². The fraction of sp³-hybridized carbons (Fsp3) is 0.565. The molecule has 0 radical (unpaired) electrons. The molecule has 1 amide bonds. The van der Waals surface area contributed by atoms with Crippen LogP contribution in [0.3, 0.4) is 0 Å². The van der Waals surface area contributed by atoms with Crippen molar-refractivity contribution in [2.45, 2.75) is 56.8 Å². The Kier molecular flexibility index (Phi) is 9.01. The summed E-state index contributed by atoms with van der Waals surface area (Å²) >= 11 is 6.58. The van der Waals surface area contributed by atoms with Crippen molar-refractivity contribution >= 4 is 33.0 Å². The molecule has 1 aliphatic rings. The van der Waals surface area contributed by atoms with Gasteiger partial charge in [-0.3, -0.25) is 9.48 Å². The predicted octanol–water partition coefficient (Wildman–Crippen LogP) is 3.92. The van der Waals surface area contributed by atoms with Crippen LogP contribution in [0.15, 0.2) is 18.2 Å². The van der Waals surface area contributed by atoms with Gasteiger partial charge in [-0.15, -0.1) is 0 Å². The van der Waals surface area contributed by atoms with E-state index in [-0.39, 0.29) is 41.4 Å². The van der Waals surface area contributed by atoms with E-state index >= 15 is 0 Å². The highest BCUT2D eigenvalue weighted by Gasteiger charge is 2.36. The number of nitrogens with one attached hydrogen (secondary N) is 2. The fourth-order valence-electron chi connectivity index (χ4n) is 3.95. The molecule has 1 aromatic heterocycles. The summed E-state index contributed by atoms with van der Waals surface area (Å²) in [6.07, 6.45) is -2.66. The van der Waals surface area contributed by atoms with Gasteiger partial charge in [-0.05, 0) is 38.8 Å². The molecule has 0 aliphatic carbocycles. The molecule has 2 heterocycles. The van der Waals surface area contributed by atoms with E-state index in [1.807, 2.05) is 0 Å². The number of hydrogen-bond donors (Lipinski definition) is 2. The summed E-state index contributed by atoms with van der Waals surface area (Å²) < 4.78 is 74.7. The van der Waals surface area contributed by atoms with Crippen LogP contribution in [0, 0.1) is 0 Å². The zero-order valence-electron chi connectivity index (χ0n) is 20.9. The molecule has 1 fully saturated rings. The van der Waals surface area contributed by atoms with Gasteiger partial charge in [-0.1, -0.05) is 11.6 Å². The van der Waals surface area contributed by atoms with Crippen LogP contribution in [-0.4, -0.2) is 74.2 Å². The van der Waals surface area contributed by atoms with Crippen molar-refractivity contribution in [3.8, 4) is 17.0 Å². The number of carbonyl (C=O) groups is 1. The Bertz CT molecular complexity index is 1230. The van der Waals surface area contributed by atoms with Crippen LogP contribution >= 0.6 is 11.6 Å². The molecule has 3 rings (SSSR count). The molecule has 0 bridgehead atoms. The number of sulfone groups is 1. The molecule has 1 saturated heterocycles. The Morgan fingerprint density at radius 2 is 2.05 bits per heavy atom. The second-order valence-electron chi connectivity index (χ2n) is 8.84. The van der Waals surface area contributed by atoms with Crippen molar-refractivity contribution in [1.29, 1.82) is 0 Å². The van der Waals surface area contributed by atoms with Gasteiger partial charge in [-0.25, -0.2) is 8.42 Å². The highest BCUT2D eigenvalue weighted by molar-refractivity contribution is 7.91. The Balaban J connectivity index is 1.78. The monoisotopic (exact) mass is 566 g/mol. The van der Waals surface area contributed by atoms with E-state index in [4.69, 9.17) is 21.1 Å². The number of carbonyl (C=O) groups excluding carboxylic acids is 1. The average Bonchev–Trinajstić information content (AvgIpc) is 3.17. The standard InChI is InChI=1S/C23H30ClF3N4O5S/c1-5-31-21(17-9-6-14(10-18(17)35-3)29-13(2)23(25,26)27)19(24)20(30-31)22(32)28-11-15-7-8-16(12-36-15)37(4,33)34/h6,9-10,13,15-16,29H,5,7-8,11-12H2,1-4H3,(H,28,32)/t13-,15?,16?/m1/s1. The number of amides is 1. The van der Waals surface area contributed by atoms with Gasteiger partial charge < -0.3 is 20.1 Å². The summed E-state index contributed by atoms with van der Waals surface area (Å²) in [4.78, 5) is 12.9. The first-order chi connectivity index (χ1) is 17.3. The molecule has 0 spiro atoms. The number of hydrogen-bond acceptors (Lipinski definition) is 7. The van der Waals surface area contributed by atoms with Crippen molar-refractivity contribution in [1.82, 2.24) is 15.1 Å². The minimum atomic E-state index is -4.42. The summed E-state index contributed by atoms with van der Waals surface area (Å²) in [7, 11) is -1.81. The fourth-order valence-corrected chi connectivity index (χ4v) is 5.16. The van der Waals surface area contributed by atoms with Gasteiger partial charge in [-0.2, -0.15) is 18.3 Å². The zero-order chi connectivity index (χ0) is 27.5. The number of aromatic nitrogens is 2. The largest absolute Gasteiger partial charge is 0.496 e. The van der Waals surface area contributed by atoms with E-state index < -0.39 is 33.2 Å². The van der Waals surface area contributed by atoms with Gasteiger partial charge >= 0.3 is 6.18 Å². The maximum Gasteiger partial charge on any atom is 0.408 e. The first kappa shape index (κ1) is 29.1. The van der Waals surface area contributed by atoms with Crippen molar-refractivity contribution < 1.29 is 35.9 Å². The Labute approximate surface area is 218 Å². The summed E-state index contributed by atoms with van der Waals surface area (Å²) in [5.74, 6) is -0.289. The molecule has 3 atom stereocenters. The van der Waals surface area contributed by atoms with Gasteiger partial charge in [0, 0.05) is 36.7 Å². The normalized spacial score (nSPS) is 19.4. The third-order valence-electron chi connectivity index (χ3n) is 6.16. The average molecular weight is 567 g/mol. The quantitative estimate of drug-likeness (QED) is 0.473. The number of halogens is 4. The highest BCUT2D eigenvalue weighted by Crippen LogP contribution is 2.39. The van der Waals surface area contributed by atoms with Crippen LogP contribution in [0.2, 0.25) is 5.02 Å². The molecule has 206 valence electrons. The van der Waals surface area contributed by atoms with E-state index in [0.717, 1.165) is 6.92 Å². The third-order valence-corrected chi connectivity index (χ3v) is 8.11. The van der Waals surface area contributed by atoms with E-state index in [0.29, 0.717) is 30.6 Å². The summed E-state index contributed by atoms with van der Waals surface area (Å²) in [6, 6.07) is 2.67. The van der Waals surface area contributed by atoms with Gasteiger partial charge in [0.1, 0.15) is 11.8 Å². The molecule has 2 N–H and O–H groups in total. The number of aryl methyl sites for hydroxylation is 1. The topological polar surface area (TPSA) is 112 Å². The van der Waals surface area contributed by atoms with E-state index in [1.54, 1.807) is 13.0 Å². The number of anilines is 1. The van der Waals surface area contributed by atoms with E-state index in [1.165, 1.54) is 30.2 Å². The number of rotatable bonds is 9. The molecule has 37 heavy (non-hydrogen) atoms. The maximum atomic E-state index is 12.9. The van der Waals surface area contributed by atoms with Gasteiger partial charge in [0.2, 0.25) is 0 Å². The maximum absolute atomic E-state index is 12.9. The molecule has 1 aromatic carbocycles. The lowest BCUT2D eigenvalue weighted by molar-refractivity contribution is -0.138. The first-order valence-electron chi connectivity index (χ1n) is 11.6. The van der Waals surface area contributed by atoms with Crippen LogP contribution < -0.4 is 15.4 Å². The smallest absolute Gasteiger partial charge is 0.408 e. The Morgan fingerprint density at radius 1 is 1.35 bits per heavy atom. The van der Waals surface area contributed by atoms with Crippen LogP contribution in [0.5, 0.6) is 5.75 Å². The molecule has 2 aromatic rings. The number of methoxy groups -OCH3 is 1. The van der Waals surface area contributed by atoms with Crippen molar-refractivity contribution in [3.05, 3.63) is 28.9 Å². The van der Waals surface area contributed by atoms with Crippen LogP contribution in [0.1, 0.15) is 37.2 Å².